The van der Waals surface area contributed by atoms with Crippen LogP contribution in [0.4, 0.5) is 0 Å². The molecule has 0 radical (unpaired) electrons. The Morgan fingerprint density at radius 3 is 2.25 bits per heavy atom. The number of hydrogen-bond donors (Lipinski definition) is 2. The summed E-state index contributed by atoms with van der Waals surface area (Å²) < 4.78 is 0. The van der Waals surface area contributed by atoms with E-state index in [4.69, 9.17) is 0 Å². The highest BCUT2D eigenvalue weighted by Gasteiger charge is 2.32. The van der Waals surface area contributed by atoms with Gasteiger partial charge in [0.15, 0.2) is 5.96 Å². The van der Waals surface area contributed by atoms with Crippen LogP contribution in [-0.4, -0.2) is 50.6 Å². The maximum Gasteiger partial charge on any atom is 0.191 e. The number of rotatable bonds is 6. The molecule has 1 rings (SSSR count). The van der Waals surface area contributed by atoms with Gasteiger partial charge in [-0.15, -0.1) is 0 Å². The van der Waals surface area contributed by atoms with Gasteiger partial charge in [0.1, 0.15) is 0 Å². The van der Waals surface area contributed by atoms with Crippen molar-refractivity contribution < 1.29 is 0 Å². The zero-order chi connectivity index (χ0) is 15.2. The highest BCUT2D eigenvalue weighted by atomic mass is 15.2. The average Bonchev–Trinajstić information content (AvgIpc) is 2.88. The molecule has 0 saturated heterocycles. The first-order valence-electron chi connectivity index (χ1n) is 7.97. The van der Waals surface area contributed by atoms with Crippen molar-refractivity contribution in [2.24, 2.45) is 10.4 Å². The van der Waals surface area contributed by atoms with E-state index < -0.39 is 0 Å². The van der Waals surface area contributed by atoms with Gasteiger partial charge in [-0.1, -0.05) is 19.8 Å². The van der Waals surface area contributed by atoms with Crippen molar-refractivity contribution in [2.45, 2.75) is 58.4 Å². The van der Waals surface area contributed by atoms with Crippen molar-refractivity contribution in [1.29, 1.82) is 0 Å². The third-order valence-electron chi connectivity index (χ3n) is 5.17. The molecule has 0 bridgehead atoms. The molecule has 118 valence electrons. The zero-order valence-electron chi connectivity index (χ0n) is 14.3. The lowest BCUT2D eigenvalue weighted by molar-refractivity contribution is 0.197. The van der Waals surface area contributed by atoms with Crippen LogP contribution in [0.2, 0.25) is 0 Å². The molecule has 0 amide bonds. The van der Waals surface area contributed by atoms with E-state index in [1.54, 1.807) is 0 Å². The molecule has 4 nitrogen and oxygen atoms in total. The van der Waals surface area contributed by atoms with Gasteiger partial charge in [0, 0.05) is 25.7 Å². The third kappa shape index (κ3) is 4.65. The van der Waals surface area contributed by atoms with Gasteiger partial charge >= 0.3 is 0 Å². The summed E-state index contributed by atoms with van der Waals surface area (Å²) in [5, 5.41) is 6.99. The van der Waals surface area contributed by atoms with E-state index in [0.717, 1.165) is 19.0 Å². The maximum absolute atomic E-state index is 4.35. The highest BCUT2D eigenvalue weighted by Crippen LogP contribution is 2.40. The van der Waals surface area contributed by atoms with E-state index in [9.17, 15) is 0 Å². The number of nitrogens with one attached hydrogen (secondary N) is 2. The summed E-state index contributed by atoms with van der Waals surface area (Å²) in [6.07, 6.45) is 6.75. The van der Waals surface area contributed by atoms with E-state index in [1.165, 1.54) is 32.1 Å². The molecule has 0 aromatic heterocycles. The number of nitrogens with zero attached hydrogens (tertiary/aromatic N) is 2. The lowest BCUT2D eigenvalue weighted by Gasteiger charge is -2.34. The van der Waals surface area contributed by atoms with Crippen LogP contribution in [0.15, 0.2) is 4.99 Å². The van der Waals surface area contributed by atoms with Crippen molar-refractivity contribution in [3.8, 4) is 0 Å². The van der Waals surface area contributed by atoms with E-state index in [2.05, 4.69) is 55.4 Å². The normalized spacial score (nSPS) is 19.4. The van der Waals surface area contributed by atoms with Gasteiger partial charge in [-0.3, -0.25) is 4.99 Å². The maximum atomic E-state index is 4.35. The van der Waals surface area contributed by atoms with Gasteiger partial charge in [-0.25, -0.2) is 0 Å². The molecular weight excluding hydrogens is 248 g/mol. The van der Waals surface area contributed by atoms with Crippen LogP contribution >= 0.6 is 0 Å². The van der Waals surface area contributed by atoms with Crippen molar-refractivity contribution in [3.63, 3.8) is 0 Å². The van der Waals surface area contributed by atoms with Gasteiger partial charge in [0.25, 0.3) is 0 Å². The van der Waals surface area contributed by atoms with Crippen LogP contribution in [0.5, 0.6) is 0 Å². The largest absolute Gasteiger partial charge is 0.356 e. The minimum atomic E-state index is 0.118. The number of hydrogen-bond acceptors (Lipinski definition) is 2. The summed E-state index contributed by atoms with van der Waals surface area (Å²) in [7, 11) is 6.08. The van der Waals surface area contributed by atoms with Crippen LogP contribution < -0.4 is 10.6 Å². The van der Waals surface area contributed by atoms with E-state index in [-0.39, 0.29) is 5.54 Å². The Hall–Kier alpha value is -0.770. The summed E-state index contributed by atoms with van der Waals surface area (Å²) in [5.41, 5.74) is 0.613. The van der Waals surface area contributed by atoms with Gasteiger partial charge in [0.05, 0.1) is 0 Å². The molecule has 20 heavy (non-hydrogen) atoms. The Labute approximate surface area is 125 Å². The molecule has 0 spiro atoms. The second-order valence-electron chi connectivity index (χ2n) is 7.05. The summed E-state index contributed by atoms with van der Waals surface area (Å²) in [4.78, 5) is 6.59. The Kier molecular flexibility index (Phi) is 6.31. The third-order valence-corrected chi connectivity index (χ3v) is 5.17. The minimum absolute atomic E-state index is 0.118. The second kappa shape index (κ2) is 7.30. The number of aliphatic imine (C=N–C) groups is 1. The Balaban J connectivity index is 2.44. The topological polar surface area (TPSA) is 39.7 Å². The predicted molar refractivity (Wildman–Crippen MR) is 88.3 cm³/mol. The lowest BCUT2D eigenvalue weighted by atomic mass is 9.83. The fourth-order valence-electron chi connectivity index (χ4n) is 2.73. The molecule has 1 saturated carbocycles. The molecule has 0 aromatic carbocycles. The monoisotopic (exact) mass is 282 g/mol. The second-order valence-corrected chi connectivity index (χ2v) is 7.05. The van der Waals surface area contributed by atoms with Gasteiger partial charge in [-0.05, 0) is 52.6 Å². The molecular formula is C16H34N4. The standard InChI is InChI=1S/C16H34N4/c1-7-16(10-8-9-11-16)13-19-14(17-4)18-12-15(2,3)20(5)6/h7-13H2,1-6H3,(H2,17,18,19). The van der Waals surface area contributed by atoms with Crippen LogP contribution in [-0.2, 0) is 0 Å². The van der Waals surface area contributed by atoms with Crippen molar-refractivity contribution in [3.05, 3.63) is 0 Å². The van der Waals surface area contributed by atoms with Crippen LogP contribution in [0.1, 0.15) is 52.9 Å². The summed E-state index contributed by atoms with van der Waals surface area (Å²) >= 11 is 0. The zero-order valence-corrected chi connectivity index (χ0v) is 14.3. The lowest BCUT2D eigenvalue weighted by Crippen LogP contribution is -2.51. The SMILES string of the molecule is CCC1(CNC(=NC)NCC(C)(C)N(C)C)CCCC1. The minimum Gasteiger partial charge on any atom is -0.356 e. The van der Waals surface area contributed by atoms with Gasteiger partial charge < -0.3 is 15.5 Å². The molecule has 4 heteroatoms. The Bertz CT molecular complexity index is 314. The summed E-state index contributed by atoms with van der Waals surface area (Å²) in [6.45, 7) is 8.72. The quantitative estimate of drug-likeness (QED) is 0.581. The van der Waals surface area contributed by atoms with Crippen LogP contribution in [0, 0.1) is 5.41 Å². The highest BCUT2D eigenvalue weighted by molar-refractivity contribution is 5.79. The van der Waals surface area contributed by atoms with Crippen LogP contribution in [0.3, 0.4) is 0 Å². The average molecular weight is 282 g/mol. The summed E-state index contributed by atoms with van der Waals surface area (Å²) in [5.74, 6) is 0.930. The smallest absolute Gasteiger partial charge is 0.191 e. The molecule has 0 heterocycles. The number of likely N-dealkylation sites (N-methyl/N-ethyl adjacent to an activating group) is 1. The van der Waals surface area contributed by atoms with Crippen molar-refractivity contribution >= 4 is 5.96 Å². The molecule has 0 aliphatic heterocycles. The Morgan fingerprint density at radius 2 is 1.80 bits per heavy atom. The molecule has 1 fully saturated rings. The molecule has 1 aliphatic carbocycles. The first-order valence-corrected chi connectivity index (χ1v) is 7.97. The Morgan fingerprint density at radius 1 is 1.20 bits per heavy atom. The molecule has 1 aliphatic rings. The molecule has 0 unspecified atom stereocenters. The van der Waals surface area contributed by atoms with E-state index in [0.29, 0.717) is 5.41 Å². The molecule has 2 N–H and O–H groups in total. The first kappa shape index (κ1) is 17.3. The number of guanidine groups is 1. The molecule has 0 aromatic rings. The van der Waals surface area contributed by atoms with Crippen LogP contribution in [0.25, 0.3) is 0 Å². The first-order chi connectivity index (χ1) is 9.35. The van der Waals surface area contributed by atoms with Gasteiger partial charge in [0.2, 0.25) is 0 Å². The fourth-order valence-corrected chi connectivity index (χ4v) is 2.73. The van der Waals surface area contributed by atoms with E-state index in [1.807, 2.05) is 7.05 Å². The van der Waals surface area contributed by atoms with Gasteiger partial charge in [-0.2, -0.15) is 0 Å². The fraction of sp³-hybridized carbons (Fsp3) is 0.938. The predicted octanol–water partition coefficient (Wildman–Crippen LogP) is 2.46. The summed E-state index contributed by atoms with van der Waals surface area (Å²) in [6, 6.07) is 0. The molecule has 0 atom stereocenters. The van der Waals surface area contributed by atoms with E-state index >= 15 is 0 Å². The van der Waals surface area contributed by atoms with Crippen molar-refractivity contribution in [2.75, 3.05) is 34.2 Å². The van der Waals surface area contributed by atoms with Crippen molar-refractivity contribution in [1.82, 2.24) is 15.5 Å².